The van der Waals surface area contributed by atoms with E-state index >= 15 is 0 Å². The van der Waals surface area contributed by atoms with Gasteiger partial charge in [0.1, 0.15) is 0 Å². The molecular weight excluding hydrogens is 374 g/mol. The van der Waals surface area contributed by atoms with Crippen LogP contribution in [0.2, 0.25) is 5.02 Å². The van der Waals surface area contributed by atoms with Gasteiger partial charge in [-0.15, -0.1) is 0 Å². The lowest BCUT2D eigenvalue weighted by Crippen LogP contribution is -2.16. The summed E-state index contributed by atoms with van der Waals surface area (Å²) in [6, 6.07) is 14.6. The van der Waals surface area contributed by atoms with Crippen LogP contribution in [-0.4, -0.2) is 27.2 Å². The third-order valence-electron chi connectivity index (χ3n) is 3.86. The molecule has 5 nitrogen and oxygen atoms in total. The van der Waals surface area contributed by atoms with E-state index in [0.717, 1.165) is 11.1 Å². The minimum atomic E-state index is -3.41. The first-order chi connectivity index (χ1) is 12.4. The van der Waals surface area contributed by atoms with Crippen LogP contribution >= 0.6 is 11.6 Å². The van der Waals surface area contributed by atoms with Crippen molar-refractivity contribution in [2.24, 2.45) is 0 Å². The van der Waals surface area contributed by atoms with E-state index in [9.17, 15) is 13.2 Å². The predicted octanol–water partition coefficient (Wildman–Crippen LogP) is 4.48. The minimum absolute atomic E-state index is 0.0209. The smallest absolute Gasteiger partial charge is 0.305 e. The van der Waals surface area contributed by atoms with E-state index in [1.165, 1.54) is 7.11 Å². The first-order valence-electron chi connectivity index (χ1n) is 8.33. The number of nitrogens with one attached hydrogen (secondary N) is 1. The Kier molecular flexibility index (Phi) is 7.48. The number of rotatable bonds is 9. The van der Waals surface area contributed by atoms with Crippen LogP contribution in [0.1, 0.15) is 25.7 Å². The number of anilines is 1. The zero-order valence-corrected chi connectivity index (χ0v) is 16.1. The fourth-order valence-corrected chi connectivity index (χ4v) is 3.75. The molecule has 0 fully saturated rings. The molecule has 2 aromatic carbocycles. The van der Waals surface area contributed by atoms with Crippen LogP contribution in [0.5, 0.6) is 0 Å². The van der Waals surface area contributed by atoms with Crippen LogP contribution in [0, 0.1) is 0 Å². The Morgan fingerprint density at radius 2 is 1.54 bits per heavy atom. The third-order valence-corrected chi connectivity index (χ3v) is 5.48. The van der Waals surface area contributed by atoms with Crippen LogP contribution in [0.25, 0.3) is 11.1 Å². The first kappa shape index (κ1) is 20.3. The summed E-state index contributed by atoms with van der Waals surface area (Å²) in [7, 11) is -2.07. The highest BCUT2D eigenvalue weighted by Crippen LogP contribution is 2.23. The number of sulfonamides is 1. The van der Waals surface area contributed by atoms with Crippen LogP contribution in [0.15, 0.2) is 48.5 Å². The van der Waals surface area contributed by atoms with E-state index < -0.39 is 10.0 Å². The van der Waals surface area contributed by atoms with Gasteiger partial charge in [-0.25, -0.2) is 8.42 Å². The second-order valence-electron chi connectivity index (χ2n) is 5.89. The Morgan fingerprint density at radius 1 is 0.962 bits per heavy atom. The molecule has 26 heavy (non-hydrogen) atoms. The van der Waals surface area contributed by atoms with Gasteiger partial charge < -0.3 is 4.74 Å². The Morgan fingerprint density at radius 3 is 2.12 bits per heavy atom. The lowest BCUT2D eigenvalue weighted by Gasteiger charge is -2.09. The van der Waals surface area contributed by atoms with Gasteiger partial charge in [0.25, 0.3) is 0 Å². The first-order valence-corrected chi connectivity index (χ1v) is 10.4. The van der Waals surface area contributed by atoms with E-state index in [1.54, 1.807) is 12.1 Å². The van der Waals surface area contributed by atoms with E-state index in [4.69, 9.17) is 11.6 Å². The lowest BCUT2D eigenvalue weighted by molar-refractivity contribution is -0.140. The van der Waals surface area contributed by atoms with Gasteiger partial charge in [-0.05, 0) is 48.2 Å². The van der Waals surface area contributed by atoms with Gasteiger partial charge in [-0.1, -0.05) is 42.3 Å². The molecule has 0 saturated heterocycles. The van der Waals surface area contributed by atoms with Crippen molar-refractivity contribution in [1.82, 2.24) is 0 Å². The number of hydrogen-bond acceptors (Lipinski definition) is 4. The number of carbonyl (C=O) groups is 1. The van der Waals surface area contributed by atoms with Gasteiger partial charge in [-0.2, -0.15) is 0 Å². The standard InChI is InChI=1S/C19H22ClNO4S/c1-25-19(22)5-3-2-4-14-26(23,24)21-18-12-8-16(9-13-18)15-6-10-17(20)11-7-15/h6-13,21H,2-5,14H2,1H3. The van der Waals surface area contributed by atoms with Gasteiger partial charge in [0, 0.05) is 17.1 Å². The Labute approximate surface area is 159 Å². The highest BCUT2D eigenvalue weighted by Gasteiger charge is 2.10. The van der Waals surface area contributed by atoms with E-state index in [-0.39, 0.29) is 11.7 Å². The van der Waals surface area contributed by atoms with Crippen molar-refractivity contribution in [2.75, 3.05) is 17.6 Å². The minimum Gasteiger partial charge on any atom is -0.469 e. The highest BCUT2D eigenvalue weighted by molar-refractivity contribution is 7.92. The number of methoxy groups -OCH3 is 1. The van der Waals surface area contributed by atoms with Crippen molar-refractivity contribution in [3.8, 4) is 11.1 Å². The maximum Gasteiger partial charge on any atom is 0.305 e. The number of benzene rings is 2. The largest absolute Gasteiger partial charge is 0.469 e. The summed E-state index contributed by atoms with van der Waals surface area (Å²) in [5, 5.41) is 0.671. The number of carbonyl (C=O) groups excluding carboxylic acids is 1. The van der Waals surface area contributed by atoms with E-state index in [1.807, 2.05) is 36.4 Å². The Bertz CT molecular complexity index is 818. The van der Waals surface area contributed by atoms with Crippen LogP contribution < -0.4 is 4.72 Å². The number of hydrogen-bond donors (Lipinski definition) is 1. The number of ether oxygens (including phenoxy) is 1. The SMILES string of the molecule is COC(=O)CCCCCS(=O)(=O)Nc1ccc(-c2ccc(Cl)cc2)cc1. The molecule has 7 heteroatoms. The lowest BCUT2D eigenvalue weighted by atomic mass is 10.1. The molecule has 0 saturated carbocycles. The molecule has 0 atom stereocenters. The maximum atomic E-state index is 12.1. The molecule has 0 bridgehead atoms. The van der Waals surface area contributed by atoms with Gasteiger partial charge in [0.2, 0.25) is 10.0 Å². The molecule has 0 heterocycles. The van der Waals surface area contributed by atoms with Gasteiger partial charge in [-0.3, -0.25) is 9.52 Å². The summed E-state index contributed by atoms with van der Waals surface area (Å²) < 4.78 is 31.4. The van der Waals surface area contributed by atoms with E-state index in [0.29, 0.717) is 36.4 Å². The van der Waals surface area contributed by atoms with Gasteiger partial charge in [0.15, 0.2) is 0 Å². The molecule has 0 radical (unpaired) electrons. The topological polar surface area (TPSA) is 72.5 Å². The number of halogens is 1. The fraction of sp³-hybridized carbons (Fsp3) is 0.316. The summed E-state index contributed by atoms with van der Waals surface area (Å²) in [5.41, 5.74) is 2.51. The summed E-state index contributed by atoms with van der Waals surface area (Å²) >= 11 is 5.88. The molecule has 0 unspecified atom stereocenters. The summed E-state index contributed by atoms with van der Waals surface area (Å²) in [5.74, 6) is -0.251. The second-order valence-corrected chi connectivity index (χ2v) is 8.17. The van der Waals surface area contributed by atoms with E-state index in [2.05, 4.69) is 9.46 Å². The van der Waals surface area contributed by atoms with Crippen molar-refractivity contribution in [3.05, 3.63) is 53.6 Å². The second kappa shape index (κ2) is 9.59. The summed E-state index contributed by atoms with van der Waals surface area (Å²) in [6.45, 7) is 0. The Hall–Kier alpha value is -2.05. The highest BCUT2D eigenvalue weighted by atomic mass is 35.5. The molecular formula is C19H22ClNO4S. The van der Waals surface area contributed by atoms with Crippen LogP contribution in [-0.2, 0) is 19.6 Å². The monoisotopic (exact) mass is 395 g/mol. The molecule has 1 N–H and O–H groups in total. The zero-order valence-electron chi connectivity index (χ0n) is 14.6. The van der Waals surface area contributed by atoms with Crippen molar-refractivity contribution in [2.45, 2.75) is 25.7 Å². The molecule has 2 rings (SSSR count). The number of unbranched alkanes of at least 4 members (excludes halogenated alkanes) is 2. The van der Waals surface area contributed by atoms with Gasteiger partial charge >= 0.3 is 5.97 Å². The average Bonchev–Trinajstić information content (AvgIpc) is 2.62. The molecule has 0 aliphatic rings. The normalized spacial score (nSPS) is 11.2. The quantitative estimate of drug-likeness (QED) is 0.501. The molecule has 140 valence electrons. The average molecular weight is 396 g/mol. The maximum absolute atomic E-state index is 12.1. The van der Waals surface area contributed by atoms with Crippen molar-refractivity contribution < 1.29 is 17.9 Å². The third kappa shape index (κ3) is 6.69. The van der Waals surface area contributed by atoms with Crippen molar-refractivity contribution in [3.63, 3.8) is 0 Å². The van der Waals surface area contributed by atoms with Crippen molar-refractivity contribution in [1.29, 1.82) is 0 Å². The zero-order chi connectivity index (χ0) is 19.0. The molecule has 0 amide bonds. The summed E-state index contributed by atoms with van der Waals surface area (Å²) in [4.78, 5) is 11.0. The fourth-order valence-electron chi connectivity index (χ4n) is 2.44. The molecule has 0 aliphatic carbocycles. The summed E-state index contributed by atoms with van der Waals surface area (Å²) in [6.07, 6.45) is 2.09. The molecule has 0 aromatic heterocycles. The molecule has 0 spiro atoms. The van der Waals surface area contributed by atoms with Crippen molar-refractivity contribution >= 4 is 33.3 Å². The number of esters is 1. The van der Waals surface area contributed by atoms with Crippen LogP contribution in [0.4, 0.5) is 5.69 Å². The van der Waals surface area contributed by atoms with Crippen LogP contribution in [0.3, 0.4) is 0 Å². The Balaban J connectivity index is 1.85. The van der Waals surface area contributed by atoms with Gasteiger partial charge in [0.05, 0.1) is 12.9 Å². The predicted molar refractivity (Wildman–Crippen MR) is 105 cm³/mol. The molecule has 0 aliphatic heterocycles. The molecule has 2 aromatic rings.